The van der Waals surface area contributed by atoms with E-state index in [0.717, 1.165) is 0 Å². The van der Waals surface area contributed by atoms with Gasteiger partial charge in [0.1, 0.15) is 0 Å². The maximum Gasteiger partial charge on any atom is 0.0688 e. The minimum absolute atomic E-state index is 0.325. The summed E-state index contributed by atoms with van der Waals surface area (Å²) < 4.78 is 1.22. The van der Waals surface area contributed by atoms with Gasteiger partial charge in [-0.15, -0.1) is 11.3 Å². The predicted molar refractivity (Wildman–Crippen MR) is 87.1 cm³/mol. The Labute approximate surface area is 128 Å². The first-order valence-corrected chi connectivity index (χ1v) is 9.58. The average Bonchev–Trinajstić information content (AvgIpc) is 2.97. The van der Waals surface area contributed by atoms with Crippen molar-refractivity contribution in [2.24, 2.45) is 0 Å². The molecular formula is C13H14BrNS3. The highest BCUT2D eigenvalue weighted by Gasteiger charge is 2.21. The normalized spacial score (nSPS) is 16.6. The lowest BCUT2D eigenvalue weighted by Crippen LogP contribution is -2.16. The van der Waals surface area contributed by atoms with Crippen LogP contribution in [0, 0.1) is 0 Å². The van der Waals surface area contributed by atoms with E-state index in [1.54, 1.807) is 21.8 Å². The fourth-order valence-corrected chi connectivity index (χ4v) is 6.32. The van der Waals surface area contributed by atoms with Gasteiger partial charge in [-0.1, -0.05) is 0 Å². The Morgan fingerprint density at radius 3 is 2.94 bits per heavy atom. The van der Waals surface area contributed by atoms with Crippen molar-refractivity contribution in [1.29, 1.82) is 0 Å². The van der Waals surface area contributed by atoms with Crippen LogP contribution in [0.1, 0.15) is 26.9 Å². The second-order valence-electron chi connectivity index (χ2n) is 4.30. The molecule has 96 valence electrons. The summed E-state index contributed by atoms with van der Waals surface area (Å²) in [6.07, 6.45) is 1.24. The van der Waals surface area contributed by atoms with Crippen molar-refractivity contribution in [2.75, 3.05) is 12.8 Å². The van der Waals surface area contributed by atoms with E-state index >= 15 is 0 Å². The summed E-state index contributed by atoms with van der Waals surface area (Å²) in [5.74, 6) is 2.46. The molecule has 0 bridgehead atoms. The van der Waals surface area contributed by atoms with Gasteiger partial charge in [0.25, 0.3) is 0 Å². The zero-order valence-electron chi connectivity index (χ0n) is 10.0. The van der Waals surface area contributed by atoms with E-state index in [4.69, 9.17) is 0 Å². The first-order valence-electron chi connectivity index (χ1n) is 5.87. The maximum atomic E-state index is 3.65. The van der Waals surface area contributed by atoms with Crippen LogP contribution in [0.5, 0.6) is 0 Å². The molecule has 5 heteroatoms. The van der Waals surface area contributed by atoms with Gasteiger partial charge in [0.05, 0.1) is 6.04 Å². The van der Waals surface area contributed by atoms with E-state index in [-0.39, 0.29) is 0 Å². The highest BCUT2D eigenvalue weighted by atomic mass is 79.9. The number of hydrogen-bond acceptors (Lipinski definition) is 4. The highest BCUT2D eigenvalue weighted by molar-refractivity contribution is 9.10. The number of rotatable bonds is 3. The molecule has 3 heterocycles. The zero-order valence-corrected chi connectivity index (χ0v) is 14.1. The number of hydrogen-bond donors (Lipinski definition) is 1. The van der Waals surface area contributed by atoms with Gasteiger partial charge < -0.3 is 5.32 Å². The molecule has 3 rings (SSSR count). The molecule has 1 atom stereocenters. The van der Waals surface area contributed by atoms with E-state index in [1.165, 1.54) is 32.8 Å². The number of thiophene rings is 2. The molecule has 2 aromatic rings. The van der Waals surface area contributed by atoms with Crippen LogP contribution in [0.4, 0.5) is 0 Å². The quantitative estimate of drug-likeness (QED) is 0.854. The summed E-state index contributed by atoms with van der Waals surface area (Å²) in [5.41, 5.74) is 2.91. The third-order valence-electron chi connectivity index (χ3n) is 3.17. The molecule has 1 aliphatic rings. The Hall–Kier alpha value is 0.190. The molecule has 0 saturated heterocycles. The van der Waals surface area contributed by atoms with Gasteiger partial charge in [-0.25, -0.2) is 0 Å². The summed E-state index contributed by atoms with van der Waals surface area (Å²) in [6, 6.07) is 2.73. The Kier molecular flexibility index (Phi) is 4.15. The molecule has 0 spiro atoms. The van der Waals surface area contributed by atoms with Gasteiger partial charge >= 0.3 is 0 Å². The van der Waals surface area contributed by atoms with Crippen LogP contribution in [-0.2, 0) is 12.2 Å². The molecule has 1 N–H and O–H groups in total. The van der Waals surface area contributed by atoms with Gasteiger partial charge in [0, 0.05) is 25.4 Å². The van der Waals surface area contributed by atoms with Crippen molar-refractivity contribution in [3.8, 4) is 0 Å². The fraction of sp³-hybridized carbons (Fsp3) is 0.385. The molecule has 0 fully saturated rings. The second-order valence-corrected chi connectivity index (χ2v) is 8.17. The standard InChI is InChI=1S/C13H14BrNS3/c1-15-13(9-6-17-7-10(9)14)12-4-8-5-16-3-2-11(8)18-12/h4,6-7,13,15H,2-3,5H2,1H3. The number of nitrogens with one attached hydrogen (secondary N) is 1. The van der Waals surface area contributed by atoms with Crippen molar-refractivity contribution < 1.29 is 0 Å². The molecule has 0 amide bonds. The van der Waals surface area contributed by atoms with E-state index in [9.17, 15) is 0 Å². The lowest BCUT2D eigenvalue weighted by molar-refractivity contribution is 0.703. The maximum absolute atomic E-state index is 3.65. The van der Waals surface area contributed by atoms with Crippen molar-refractivity contribution in [1.82, 2.24) is 5.32 Å². The first kappa shape index (κ1) is 13.2. The van der Waals surface area contributed by atoms with Crippen LogP contribution in [0.15, 0.2) is 21.3 Å². The van der Waals surface area contributed by atoms with Gasteiger partial charge in [0.15, 0.2) is 0 Å². The van der Waals surface area contributed by atoms with Crippen LogP contribution in [0.2, 0.25) is 0 Å². The lowest BCUT2D eigenvalue weighted by Gasteiger charge is -2.13. The van der Waals surface area contributed by atoms with Crippen molar-refractivity contribution >= 4 is 50.4 Å². The van der Waals surface area contributed by atoms with Gasteiger partial charge in [-0.2, -0.15) is 23.1 Å². The Morgan fingerprint density at radius 1 is 1.39 bits per heavy atom. The minimum atomic E-state index is 0.325. The topological polar surface area (TPSA) is 12.0 Å². The van der Waals surface area contributed by atoms with Gasteiger partial charge in [0.2, 0.25) is 0 Å². The molecule has 18 heavy (non-hydrogen) atoms. The minimum Gasteiger partial charge on any atom is -0.309 e. The first-order chi connectivity index (χ1) is 8.79. The summed E-state index contributed by atoms with van der Waals surface area (Å²) in [4.78, 5) is 3.04. The van der Waals surface area contributed by atoms with Gasteiger partial charge in [-0.05, 0) is 57.7 Å². The Balaban J connectivity index is 1.97. The number of halogens is 1. The number of thioether (sulfide) groups is 1. The van der Waals surface area contributed by atoms with Gasteiger partial charge in [-0.3, -0.25) is 0 Å². The number of aryl methyl sites for hydroxylation is 1. The van der Waals surface area contributed by atoms with E-state index in [2.05, 4.69) is 38.1 Å². The van der Waals surface area contributed by atoms with Crippen molar-refractivity contribution in [3.05, 3.63) is 42.2 Å². The summed E-state index contributed by atoms with van der Waals surface area (Å²) in [5, 5.41) is 7.84. The third kappa shape index (κ3) is 2.43. The molecule has 2 aromatic heterocycles. The molecule has 1 aliphatic heterocycles. The van der Waals surface area contributed by atoms with E-state index < -0.39 is 0 Å². The number of fused-ring (bicyclic) bond motifs is 1. The van der Waals surface area contributed by atoms with Crippen molar-refractivity contribution in [2.45, 2.75) is 18.2 Å². The highest BCUT2D eigenvalue weighted by Crippen LogP contribution is 2.38. The molecule has 0 aromatic carbocycles. The monoisotopic (exact) mass is 359 g/mol. The predicted octanol–water partition coefficient (Wildman–Crippen LogP) is 4.67. The summed E-state index contributed by atoms with van der Waals surface area (Å²) >= 11 is 9.43. The Morgan fingerprint density at radius 2 is 2.28 bits per heavy atom. The molecule has 1 nitrogen and oxygen atoms in total. The van der Waals surface area contributed by atoms with E-state index in [0.29, 0.717) is 6.04 Å². The zero-order chi connectivity index (χ0) is 12.5. The average molecular weight is 360 g/mol. The van der Waals surface area contributed by atoms with Crippen LogP contribution < -0.4 is 5.32 Å². The largest absolute Gasteiger partial charge is 0.309 e. The fourth-order valence-electron chi connectivity index (χ4n) is 2.26. The molecule has 0 radical (unpaired) electrons. The van der Waals surface area contributed by atoms with Crippen molar-refractivity contribution in [3.63, 3.8) is 0 Å². The SMILES string of the molecule is CNC(c1cc2c(s1)CCSC2)c1cscc1Br. The molecule has 0 saturated carbocycles. The van der Waals surface area contributed by atoms with E-state index in [1.807, 2.05) is 30.1 Å². The van der Waals surface area contributed by atoms with Crippen LogP contribution >= 0.6 is 50.4 Å². The lowest BCUT2D eigenvalue weighted by atomic mass is 10.1. The molecular weight excluding hydrogens is 346 g/mol. The molecule has 1 unspecified atom stereocenters. The van der Waals surface area contributed by atoms with Crippen LogP contribution in [0.3, 0.4) is 0 Å². The smallest absolute Gasteiger partial charge is 0.0688 e. The summed E-state index contributed by atoms with van der Waals surface area (Å²) in [7, 11) is 2.04. The summed E-state index contributed by atoms with van der Waals surface area (Å²) in [6.45, 7) is 0. The third-order valence-corrected chi connectivity index (χ3v) is 7.23. The second kappa shape index (κ2) is 5.67. The van der Waals surface area contributed by atoms with Crippen LogP contribution in [-0.4, -0.2) is 12.8 Å². The molecule has 0 aliphatic carbocycles. The Bertz CT molecular complexity index is 523. The van der Waals surface area contributed by atoms with Crippen LogP contribution in [0.25, 0.3) is 0 Å².